The van der Waals surface area contributed by atoms with Crippen molar-refractivity contribution in [3.63, 3.8) is 0 Å². The Labute approximate surface area is 166 Å². The average molecular weight is 412 g/mol. The lowest BCUT2D eigenvalue weighted by molar-refractivity contribution is -0.115. The van der Waals surface area contributed by atoms with Crippen molar-refractivity contribution in [3.05, 3.63) is 51.4 Å². The normalized spacial score (nSPS) is 12.2. The number of nitrogens with one attached hydrogen (secondary N) is 2. The molecule has 1 unspecified atom stereocenters. The molecule has 0 aliphatic rings. The Morgan fingerprint density at radius 2 is 2.08 bits per heavy atom. The van der Waals surface area contributed by atoms with Gasteiger partial charge in [-0.05, 0) is 23.8 Å². The lowest BCUT2D eigenvalue weighted by Crippen LogP contribution is -2.25. The molecule has 5 nitrogen and oxygen atoms in total. The maximum absolute atomic E-state index is 12.6. The minimum atomic E-state index is -0.387. The number of carbonyl (C=O) groups excluding carboxylic acids is 1. The van der Waals surface area contributed by atoms with E-state index in [0.717, 1.165) is 5.69 Å². The van der Waals surface area contributed by atoms with Gasteiger partial charge < -0.3 is 10.3 Å². The highest BCUT2D eigenvalue weighted by molar-refractivity contribution is 8.00. The standard InChI is InChI=1S/C18H22ClN3O2S2/c1-4-15(17(24)21-14-8-6-5-7-13(14)19)26-18-20-12(9-16(23)22-18)10-25-11(2)3/h5-9,11,15H,4,10H2,1-3H3,(H,21,24)(H,20,22,23). The molecule has 2 N–H and O–H groups in total. The number of rotatable bonds is 8. The SMILES string of the molecule is CCC(Sc1nc(CSC(C)C)cc(=O)[nH]1)C(=O)Nc1ccccc1Cl. The first-order valence-electron chi connectivity index (χ1n) is 8.33. The number of benzene rings is 1. The number of aromatic amines is 1. The summed E-state index contributed by atoms with van der Waals surface area (Å²) < 4.78 is 0. The number of nitrogens with zero attached hydrogens (tertiary/aromatic N) is 1. The van der Waals surface area contributed by atoms with Crippen LogP contribution in [0, 0.1) is 0 Å². The Hall–Kier alpha value is -1.44. The lowest BCUT2D eigenvalue weighted by atomic mass is 10.2. The van der Waals surface area contributed by atoms with Gasteiger partial charge in [-0.2, -0.15) is 11.8 Å². The molecule has 0 aliphatic heterocycles. The number of amides is 1. The number of H-pyrrole nitrogens is 1. The van der Waals surface area contributed by atoms with E-state index in [9.17, 15) is 9.59 Å². The van der Waals surface area contributed by atoms with Gasteiger partial charge in [0.15, 0.2) is 5.16 Å². The molecule has 0 aliphatic carbocycles. The molecule has 1 amide bonds. The minimum Gasteiger partial charge on any atom is -0.324 e. The molecule has 0 radical (unpaired) electrons. The monoisotopic (exact) mass is 411 g/mol. The molecule has 0 fully saturated rings. The second kappa shape index (κ2) is 10.0. The third-order valence-corrected chi connectivity index (χ3v) is 6.09. The summed E-state index contributed by atoms with van der Waals surface area (Å²) in [5, 5.41) is 3.85. The van der Waals surface area contributed by atoms with Crippen molar-refractivity contribution in [2.45, 2.75) is 48.6 Å². The molecule has 0 spiro atoms. The molecule has 26 heavy (non-hydrogen) atoms. The predicted molar refractivity (Wildman–Crippen MR) is 111 cm³/mol. The van der Waals surface area contributed by atoms with Crippen LogP contribution < -0.4 is 10.9 Å². The highest BCUT2D eigenvalue weighted by Crippen LogP contribution is 2.26. The van der Waals surface area contributed by atoms with Crippen molar-refractivity contribution in [1.29, 1.82) is 0 Å². The van der Waals surface area contributed by atoms with E-state index in [1.807, 2.05) is 13.0 Å². The fourth-order valence-electron chi connectivity index (χ4n) is 2.10. The van der Waals surface area contributed by atoms with Crippen LogP contribution in [0.2, 0.25) is 5.02 Å². The molecule has 0 bridgehead atoms. The van der Waals surface area contributed by atoms with Crippen molar-refractivity contribution >= 4 is 46.7 Å². The van der Waals surface area contributed by atoms with Crippen molar-refractivity contribution in [2.24, 2.45) is 0 Å². The third kappa shape index (κ3) is 6.37. The lowest BCUT2D eigenvalue weighted by Gasteiger charge is -2.15. The Morgan fingerprint density at radius 3 is 2.73 bits per heavy atom. The van der Waals surface area contributed by atoms with Gasteiger partial charge in [0.05, 0.1) is 21.7 Å². The first-order chi connectivity index (χ1) is 12.4. The largest absolute Gasteiger partial charge is 0.324 e. The maximum atomic E-state index is 12.6. The molecule has 140 valence electrons. The topological polar surface area (TPSA) is 74.8 Å². The van der Waals surface area contributed by atoms with E-state index in [-0.39, 0.29) is 16.7 Å². The van der Waals surface area contributed by atoms with E-state index in [2.05, 4.69) is 29.1 Å². The average Bonchev–Trinajstić information content (AvgIpc) is 2.59. The van der Waals surface area contributed by atoms with Crippen LogP contribution in [0.4, 0.5) is 5.69 Å². The number of halogens is 1. The second-order valence-corrected chi connectivity index (χ2v) is 9.05. The summed E-state index contributed by atoms with van der Waals surface area (Å²) in [6, 6.07) is 8.59. The highest BCUT2D eigenvalue weighted by atomic mass is 35.5. The quantitative estimate of drug-likeness (QED) is 0.491. The molecule has 0 saturated carbocycles. The van der Waals surface area contributed by atoms with Gasteiger partial charge in [0, 0.05) is 11.8 Å². The Bertz CT molecular complexity index is 811. The number of para-hydroxylation sites is 1. The zero-order chi connectivity index (χ0) is 19.1. The number of carbonyl (C=O) groups is 1. The van der Waals surface area contributed by atoms with Crippen LogP contribution >= 0.6 is 35.1 Å². The summed E-state index contributed by atoms with van der Waals surface area (Å²) in [6.45, 7) is 6.11. The summed E-state index contributed by atoms with van der Waals surface area (Å²) in [5.74, 6) is 0.493. The molecule has 1 aromatic carbocycles. The number of hydrogen-bond donors (Lipinski definition) is 2. The van der Waals surface area contributed by atoms with Gasteiger partial charge in [0.2, 0.25) is 5.91 Å². The number of aromatic nitrogens is 2. The molecule has 1 atom stereocenters. The molecule has 1 heterocycles. The van der Waals surface area contributed by atoms with Crippen molar-refractivity contribution in [2.75, 3.05) is 5.32 Å². The van der Waals surface area contributed by atoms with Gasteiger partial charge in [-0.15, -0.1) is 0 Å². The fraction of sp³-hybridized carbons (Fsp3) is 0.389. The van der Waals surface area contributed by atoms with Crippen LogP contribution in [0.1, 0.15) is 32.9 Å². The van der Waals surface area contributed by atoms with Crippen LogP contribution in [-0.4, -0.2) is 26.4 Å². The van der Waals surface area contributed by atoms with Gasteiger partial charge in [0.1, 0.15) is 0 Å². The van der Waals surface area contributed by atoms with Gasteiger partial charge >= 0.3 is 0 Å². The van der Waals surface area contributed by atoms with E-state index in [0.29, 0.717) is 33.3 Å². The Balaban J connectivity index is 2.10. The summed E-state index contributed by atoms with van der Waals surface area (Å²) in [4.78, 5) is 31.7. The van der Waals surface area contributed by atoms with E-state index in [1.54, 1.807) is 30.0 Å². The first kappa shape index (κ1) is 20.9. The van der Waals surface area contributed by atoms with Crippen LogP contribution in [0.5, 0.6) is 0 Å². The number of thioether (sulfide) groups is 2. The molecule has 2 rings (SSSR count). The molecule has 1 aromatic heterocycles. The summed E-state index contributed by atoms with van der Waals surface area (Å²) in [6.07, 6.45) is 0.593. The summed E-state index contributed by atoms with van der Waals surface area (Å²) >= 11 is 9.07. The van der Waals surface area contributed by atoms with Crippen LogP contribution in [0.15, 0.2) is 40.3 Å². The molecular formula is C18H22ClN3O2S2. The first-order valence-corrected chi connectivity index (χ1v) is 10.6. The third-order valence-electron chi connectivity index (χ3n) is 3.39. The number of hydrogen-bond acceptors (Lipinski definition) is 5. The zero-order valence-corrected chi connectivity index (χ0v) is 17.3. The molecule has 0 saturated heterocycles. The number of anilines is 1. The van der Waals surface area contributed by atoms with Gasteiger partial charge in [0.25, 0.3) is 5.56 Å². The van der Waals surface area contributed by atoms with Crippen molar-refractivity contribution in [3.8, 4) is 0 Å². The maximum Gasteiger partial charge on any atom is 0.251 e. The van der Waals surface area contributed by atoms with E-state index < -0.39 is 0 Å². The Kier molecular flexibility index (Phi) is 8.06. The molecule has 2 aromatic rings. The van der Waals surface area contributed by atoms with Gasteiger partial charge in [-0.3, -0.25) is 9.59 Å². The summed E-state index contributed by atoms with van der Waals surface area (Å²) in [7, 11) is 0. The highest BCUT2D eigenvalue weighted by Gasteiger charge is 2.20. The fourth-order valence-corrected chi connectivity index (χ4v) is 3.86. The van der Waals surface area contributed by atoms with Crippen molar-refractivity contribution in [1.82, 2.24) is 9.97 Å². The van der Waals surface area contributed by atoms with Crippen molar-refractivity contribution < 1.29 is 4.79 Å². The summed E-state index contributed by atoms with van der Waals surface area (Å²) in [5.41, 5.74) is 1.08. The van der Waals surface area contributed by atoms with Crippen LogP contribution in [0.25, 0.3) is 0 Å². The van der Waals surface area contributed by atoms with Crippen LogP contribution in [0.3, 0.4) is 0 Å². The second-order valence-electron chi connectivity index (χ2n) is 5.89. The smallest absolute Gasteiger partial charge is 0.251 e. The van der Waals surface area contributed by atoms with E-state index >= 15 is 0 Å². The zero-order valence-electron chi connectivity index (χ0n) is 14.9. The minimum absolute atomic E-state index is 0.171. The van der Waals surface area contributed by atoms with Gasteiger partial charge in [-0.1, -0.05) is 56.3 Å². The molecular weight excluding hydrogens is 390 g/mol. The van der Waals surface area contributed by atoms with Crippen LogP contribution in [-0.2, 0) is 10.5 Å². The van der Waals surface area contributed by atoms with E-state index in [4.69, 9.17) is 11.6 Å². The predicted octanol–water partition coefficient (Wildman–Crippen LogP) is 4.57. The Morgan fingerprint density at radius 1 is 1.35 bits per heavy atom. The van der Waals surface area contributed by atoms with Gasteiger partial charge in [-0.25, -0.2) is 4.98 Å². The van der Waals surface area contributed by atoms with E-state index in [1.165, 1.54) is 17.8 Å². The molecule has 8 heteroatoms.